The molecule has 0 bridgehead atoms. The SMILES string of the molecule is O=C(NCCO)NCc1ccc(Oc2ccc(F)cc2)cc1. The Morgan fingerprint density at radius 1 is 1.00 bits per heavy atom. The average Bonchev–Trinajstić information content (AvgIpc) is 2.54. The summed E-state index contributed by atoms with van der Waals surface area (Å²) in [5.74, 6) is 0.865. The van der Waals surface area contributed by atoms with Crippen LogP contribution in [0.3, 0.4) is 0 Å². The van der Waals surface area contributed by atoms with Crippen molar-refractivity contribution in [3.8, 4) is 11.5 Å². The van der Waals surface area contributed by atoms with Gasteiger partial charge in [0, 0.05) is 13.1 Å². The maximum atomic E-state index is 12.8. The Hall–Kier alpha value is -2.60. The summed E-state index contributed by atoms with van der Waals surface area (Å²) < 4.78 is 18.4. The van der Waals surface area contributed by atoms with Crippen molar-refractivity contribution in [3.05, 3.63) is 59.9 Å². The molecule has 0 atom stereocenters. The topological polar surface area (TPSA) is 70.6 Å². The third kappa shape index (κ3) is 5.06. The van der Waals surface area contributed by atoms with Gasteiger partial charge in [-0.05, 0) is 42.0 Å². The van der Waals surface area contributed by atoms with Crippen molar-refractivity contribution in [1.82, 2.24) is 10.6 Å². The Kier molecular flexibility index (Phi) is 5.73. The Morgan fingerprint density at radius 2 is 1.59 bits per heavy atom. The van der Waals surface area contributed by atoms with Gasteiger partial charge < -0.3 is 20.5 Å². The molecule has 0 saturated heterocycles. The number of carbonyl (C=O) groups excluding carboxylic acids is 1. The highest BCUT2D eigenvalue weighted by Crippen LogP contribution is 2.21. The number of rotatable bonds is 6. The van der Waals surface area contributed by atoms with Gasteiger partial charge in [0.2, 0.25) is 0 Å². The van der Waals surface area contributed by atoms with Gasteiger partial charge in [-0.1, -0.05) is 12.1 Å². The predicted molar refractivity (Wildman–Crippen MR) is 80.2 cm³/mol. The number of ether oxygens (including phenoxy) is 1. The van der Waals surface area contributed by atoms with Crippen LogP contribution in [0.4, 0.5) is 9.18 Å². The zero-order chi connectivity index (χ0) is 15.8. The molecule has 116 valence electrons. The van der Waals surface area contributed by atoms with Gasteiger partial charge in [0.25, 0.3) is 0 Å². The molecular formula is C16H17FN2O3. The number of hydrogen-bond acceptors (Lipinski definition) is 3. The van der Waals surface area contributed by atoms with Crippen molar-refractivity contribution in [2.45, 2.75) is 6.54 Å². The van der Waals surface area contributed by atoms with E-state index in [9.17, 15) is 9.18 Å². The van der Waals surface area contributed by atoms with E-state index in [1.165, 1.54) is 12.1 Å². The van der Waals surface area contributed by atoms with Gasteiger partial charge in [-0.15, -0.1) is 0 Å². The Balaban J connectivity index is 1.85. The van der Waals surface area contributed by atoms with Crippen LogP contribution in [0.2, 0.25) is 0 Å². The van der Waals surface area contributed by atoms with E-state index in [4.69, 9.17) is 9.84 Å². The molecule has 0 heterocycles. The summed E-state index contributed by atoms with van der Waals surface area (Å²) in [7, 11) is 0. The number of halogens is 1. The summed E-state index contributed by atoms with van der Waals surface area (Å²) in [5, 5.41) is 13.8. The van der Waals surface area contributed by atoms with E-state index in [2.05, 4.69) is 10.6 Å². The van der Waals surface area contributed by atoms with Crippen molar-refractivity contribution < 1.29 is 19.0 Å². The fourth-order valence-electron chi connectivity index (χ4n) is 1.73. The number of benzene rings is 2. The third-order valence-corrected chi connectivity index (χ3v) is 2.82. The van der Waals surface area contributed by atoms with Gasteiger partial charge in [-0.25, -0.2) is 9.18 Å². The molecule has 0 fully saturated rings. The van der Waals surface area contributed by atoms with Crippen LogP contribution in [0.1, 0.15) is 5.56 Å². The molecule has 0 spiro atoms. The first-order valence-corrected chi connectivity index (χ1v) is 6.82. The average molecular weight is 304 g/mol. The Bertz CT molecular complexity index is 600. The lowest BCUT2D eigenvalue weighted by Crippen LogP contribution is -2.36. The number of carbonyl (C=O) groups is 1. The smallest absolute Gasteiger partial charge is 0.315 e. The second-order valence-corrected chi connectivity index (χ2v) is 4.53. The van der Waals surface area contributed by atoms with Crippen LogP contribution in [0.15, 0.2) is 48.5 Å². The standard InChI is InChI=1S/C16H17FN2O3/c17-13-3-7-15(8-4-13)22-14-5-1-12(2-6-14)11-19-16(21)18-9-10-20/h1-8,20H,9-11H2,(H2,18,19,21). The van der Waals surface area contributed by atoms with Gasteiger partial charge in [0.15, 0.2) is 0 Å². The van der Waals surface area contributed by atoms with Gasteiger partial charge in [-0.3, -0.25) is 0 Å². The minimum absolute atomic E-state index is 0.0944. The number of urea groups is 1. The maximum absolute atomic E-state index is 12.8. The molecular weight excluding hydrogens is 287 g/mol. The molecule has 0 radical (unpaired) electrons. The molecule has 2 amide bonds. The minimum atomic E-state index is -0.333. The van der Waals surface area contributed by atoms with Crippen molar-refractivity contribution in [2.75, 3.05) is 13.2 Å². The number of hydrogen-bond donors (Lipinski definition) is 3. The van der Waals surface area contributed by atoms with Gasteiger partial charge in [-0.2, -0.15) is 0 Å². The first-order chi connectivity index (χ1) is 10.7. The lowest BCUT2D eigenvalue weighted by atomic mass is 10.2. The second kappa shape index (κ2) is 7.99. The molecule has 2 rings (SSSR count). The first kappa shape index (κ1) is 15.8. The summed E-state index contributed by atoms with van der Waals surface area (Å²) in [5.41, 5.74) is 0.908. The molecule has 0 aliphatic carbocycles. The maximum Gasteiger partial charge on any atom is 0.315 e. The summed E-state index contributed by atoms with van der Waals surface area (Å²) in [6.45, 7) is 0.493. The monoisotopic (exact) mass is 304 g/mol. The summed E-state index contributed by atoms with van der Waals surface area (Å²) in [6.07, 6.45) is 0. The van der Waals surface area contributed by atoms with E-state index in [1.807, 2.05) is 12.1 Å². The second-order valence-electron chi connectivity index (χ2n) is 4.53. The fourth-order valence-corrected chi connectivity index (χ4v) is 1.73. The van der Waals surface area contributed by atoms with E-state index < -0.39 is 0 Å². The molecule has 2 aromatic carbocycles. The highest BCUT2D eigenvalue weighted by molar-refractivity contribution is 5.73. The predicted octanol–water partition coefficient (Wildman–Crippen LogP) is 2.41. The molecule has 0 aliphatic rings. The number of amides is 2. The zero-order valence-corrected chi connectivity index (χ0v) is 11.9. The largest absolute Gasteiger partial charge is 0.457 e. The van der Waals surface area contributed by atoms with Gasteiger partial charge >= 0.3 is 6.03 Å². The van der Waals surface area contributed by atoms with Gasteiger partial charge in [0.1, 0.15) is 17.3 Å². The zero-order valence-electron chi connectivity index (χ0n) is 11.9. The van der Waals surface area contributed by atoms with Crippen molar-refractivity contribution in [3.63, 3.8) is 0 Å². The van der Waals surface area contributed by atoms with Crippen LogP contribution < -0.4 is 15.4 Å². The van der Waals surface area contributed by atoms with Crippen LogP contribution in [0, 0.1) is 5.82 Å². The summed E-state index contributed by atoms with van der Waals surface area (Å²) in [6, 6.07) is 12.6. The van der Waals surface area contributed by atoms with E-state index in [0.29, 0.717) is 18.0 Å². The Labute approximate surface area is 127 Å². The number of aliphatic hydroxyl groups is 1. The quantitative estimate of drug-likeness (QED) is 0.767. The van der Waals surface area contributed by atoms with E-state index in [0.717, 1.165) is 5.56 Å². The minimum Gasteiger partial charge on any atom is -0.457 e. The molecule has 3 N–H and O–H groups in total. The van der Waals surface area contributed by atoms with Crippen molar-refractivity contribution in [2.24, 2.45) is 0 Å². The highest BCUT2D eigenvalue weighted by atomic mass is 19.1. The summed E-state index contributed by atoms with van der Waals surface area (Å²) >= 11 is 0. The normalized spacial score (nSPS) is 10.1. The fraction of sp³-hybridized carbons (Fsp3) is 0.188. The van der Waals surface area contributed by atoms with E-state index in [-0.39, 0.29) is 25.0 Å². The van der Waals surface area contributed by atoms with Crippen molar-refractivity contribution in [1.29, 1.82) is 0 Å². The Morgan fingerprint density at radius 3 is 2.18 bits per heavy atom. The number of nitrogens with one attached hydrogen (secondary N) is 2. The molecule has 6 heteroatoms. The van der Waals surface area contributed by atoms with Crippen LogP contribution in [-0.2, 0) is 6.54 Å². The third-order valence-electron chi connectivity index (χ3n) is 2.82. The molecule has 2 aromatic rings. The highest BCUT2D eigenvalue weighted by Gasteiger charge is 2.01. The van der Waals surface area contributed by atoms with Crippen LogP contribution in [-0.4, -0.2) is 24.3 Å². The van der Waals surface area contributed by atoms with Crippen molar-refractivity contribution >= 4 is 6.03 Å². The van der Waals surface area contributed by atoms with E-state index >= 15 is 0 Å². The molecule has 0 aromatic heterocycles. The lowest BCUT2D eigenvalue weighted by Gasteiger charge is -2.08. The molecule has 5 nitrogen and oxygen atoms in total. The van der Waals surface area contributed by atoms with Gasteiger partial charge in [0.05, 0.1) is 6.61 Å². The lowest BCUT2D eigenvalue weighted by molar-refractivity contribution is 0.234. The van der Waals surface area contributed by atoms with Crippen LogP contribution in [0.5, 0.6) is 11.5 Å². The van der Waals surface area contributed by atoms with Crippen LogP contribution in [0.25, 0.3) is 0 Å². The van der Waals surface area contributed by atoms with Crippen LogP contribution >= 0.6 is 0 Å². The molecule has 22 heavy (non-hydrogen) atoms. The molecule has 0 aliphatic heterocycles. The molecule has 0 unspecified atom stereocenters. The molecule has 0 saturated carbocycles. The first-order valence-electron chi connectivity index (χ1n) is 6.82. The summed E-state index contributed by atoms with van der Waals surface area (Å²) in [4.78, 5) is 11.3. The van der Waals surface area contributed by atoms with E-state index in [1.54, 1.807) is 24.3 Å². The number of aliphatic hydroxyl groups excluding tert-OH is 1.